The third-order valence-corrected chi connectivity index (χ3v) is 3.75. The summed E-state index contributed by atoms with van der Waals surface area (Å²) in [5.74, 6) is 1.08. The third kappa shape index (κ3) is 3.31. The van der Waals surface area contributed by atoms with Crippen molar-refractivity contribution in [1.82, 2.24) is 5.32 Å². The van der Waals surface area contributed by atoms with E-state index >= 15 is 0 Å². The van der Waals surface area contributed by atoms with Crippen LogP contribution in [0, 0.1) is 0 Å². The number of furan rings is 1. The Bertz CT molecular complexity index is 602. The van der Waals surface area contributed by atoms with Crippen LogP contribution in [0.25, 0.3) is 0 Å². The molecule has 1 heterocycles. The second-order valence-corrected chi connectivity index (χ2v) is 5.58. The molecule has 0 radical (unpaired) electrons. The lowest BCUT2D eigenvalue weighted by Crippen LogP contribution is -2.42. The number of rotatable bonds is 6. The van der Waals surface area contributed by atoms with Gasteiger partial charge in [0.05, 0.1) is 25.4 Å². The quantitative estimate of drug-likeness (QED) is 0.859. The molecule has 0 fully saturated rings. The molecule has 5 nitrogen and oxygen atoms in total. The highest BCUT2D eigenvalue weighted by Crippen LogP contribution is 2.26. The van der Waals surface area contributed by atoms with E-state index in [2.05, 4.69) is 5.32 Å². The van der Waals surface area contributed by atoms with Crippen molar-refractivity contribution in [3.05, 3.63) is 54.0 Å². The van der Waals surface area contributed by atoms with Gasteiger partial charge in [-0.2, -0.15) is 0 Å². The molecule has 2 aromatic rings. The fourth-order valence-electron chi connectivity index (χ4n) is 2.17. The van der Waals surface area contributed by atoms with Gasteiger partial charge in [0.1, 0.15) is 17.6 Å². The Morgan fingerprint density at radius 1 is 1.32 bits per heavy atom. The van der Waals surface area contributed by atoms with Crippen molar-refractivity contribution in [3.63, 3.8) is 0 Å². The summed E-state index contributed by atoms with van der Waals surface area (Å²) in [5, 5.41) is 12.3. The van der Waals surface area contributed by atoms with Gasteiger partial charge in [0, 0.05) is 0 Å². The maximum absolute atomic E-state index is 12.6. The summed E-state index contributed by atoms with van der Waals surface area (Å²) in [4.78, 5) is 12.6. The van der Waals surface area contributed by atoms with E-state index in [0.717, 1.165) is 11.3 Å². The number of amides is 1. The van der Waals surface area contributed by atoms with E-state index in [1.54, 1.807) is 19.2 Å². The number of benzene rings is 1. The zero-order chi connectivity index (χ0) is 16.2. The molecule has 5 heteroatoms. The number of hydrogen-bond donors (Lipinski definition) is 2. The fraction of sp³-hybridized carbons (Fsp3) is 0.353. The monoisotopic (exact) mass is 303 g/mol. The first-order chi connectivity index (χ1) is 10.5. The minimum absolute atomic E-state index is 0.187. The Balaban J connectivity index is 2.15. The van der Waals surface area contributed by atoms with Gasteiger partial charge in [0.25, 0.3) is 0 Å². The molecular weight excluding hydrogens is 282 g/mol. The highest BCUT2D eigenvalue weighted by atomic mass is 16.5. The van der Waals surface area contributed by atoms with Crippen LogP contribution < -0.4 is 10.1 Å². The number of carbonyl (C=O) groups is 1. The molecule has 1 aromatic carbocycles. The SMILES string of the molecule is COc1ccc(C(C)(C)C(=O)NC(CO)c2ccco2)cc1. The van der Waals surface area contributed by atoms with Crippen molar-refractivity contribution in [2.24, 2.45) is 0 Å². The molecular formula is C17H21NO4. The summed E-state index contributed by atoms with van der Waals surface area (Å²) in [6.07, 6.45) is 1.51. The van der Waals surface area contributed by atoms with E-state index < -0.39 is 11.5 Å². The predicted molar refractivity (Wildman–Crippen MR) is 82.7 cm³/mol. The molecule has 1 unspecified atom stereocenters. The summed E-state index contributed by atoms with van der Waals surface area (Å²) < 4.78 is 10.4. The number of aliphatic hydroxyl groups is 1. The summed E-state index contributed by atoms with van der Waals surface area (Å²) in [6.45, 7) is 3.44. The first-order valence-electron chi connectivity index (χ1n) is 7.08. The van der Waals surface area contributed by atoms with E-state index in [1.807, 2.05) is 38.1 Å². The Labute approximate surface area is 129 Å². The van der Waals surface area contributed by atoms with Crippen molar-refractivity contribution in [3.8, 4) is 5.75 Å². The molecule has 0 aliphatic rings. The third-order valence-electron chi connectivity index (χ3n) is 3.75. The first kappa shape index (κ1) is 16.1. The van der Waals surface area contributed by atoms with Gasteiger partial charge in [0.15, 0.2) is 0 Å². The Kier molecular flexibility index (Phi) is 4.88. The fourth-order valence-corrected chi connectivity index (χ4v) is 2.17. The Morgan fingerprint density at radius 2 is 2.00 bits per heavy atom. The molecule has 1 amide bonds. The highest BCUT2D eigenvalue weighted by molar-refractivity contribution is 5.87. The van der Waals surface area contributed by atoms with E-state index in [1.165, 1.54) is 6.26 Å². The van der Waals surface area contributed by atoms with Crippen LogP contribution in [0.2, 0.25) is 0 Å². The second-order valence-electron chi connectivity index (χ2n) is 5.58. The van der Waals surface area contributed by atoms with Crippen LogP contribution in [0.5, 0.6) is 5.75 Å². The van der Waals surface area contributed by atoms with Gasteiger partial charge in [-0.05, 0) is 43.7 Å². The Morgan fingerprint density at radius 3 is 2.50 bits per heavy atom. The largest absolute Gasteiger partial charge is 0.497 e. The number of nitrogens with one attached hydrogen (secondary N) is 1. The van der Waals surface area contributed by atoms with Crippen LogP contribution in [0.1, 0.15) is 31.2 Å². The summed E-state index contributed by atoms with van der Waals surface area (Å²) in [6, 6.07) is 10.2. The van der Waals surface area contributed by atoms with Crippen molar-refractivity contribution in [2.45, 2.75) is 25.3 Å². The van der Waals surface area contributed by atoms with Gasteiger partial charge in [-0.15, -0.1) is 0 Å². The maximum Gasteiger partial charge on any atom is 0.230 e. The Hall–Kier alpha value is -2.27. The van der Waals surface area contributed by atoms with Crippen molar-refractivity contribution >= 4 is 5.91 Å². The lowest BCUT2D eigenvalue weighted by molar-refractivity contribution is -0.126. The summed E-state index contributed by atoms with van der Waals surface area (Å²) >= 11 is 0. The van der Waals surface area contributed by atoms with Gasteiger partial charge in [-0.3, -0.25) is 4.79 Å². The molecule has 0 saturated carbocycles. The van der Waals surface area contributed by atoms with Crippen LogP contribution in [0.15, 0.2) is 47.1 Å². The number of carbonyl (C=O) groups excluding carboxylic acids is 1. The molecule has 22 heavy (non-hydrogen) atoms. The molecule has 0 saturated heterocycles. The minimum atomic E-state index is -0.744. The normalized spacial score (nSPS) is 12.7. The lowest BCUT2D eigenvalue weighted by atomic mass is 9.83. The van der Waals surface area contributed by atoms with Crippen LogP contribution >= 0.6 is 0 Å². The van der Waals surface area contributed by atoms with Crippen LogP contribution in [-0.2, 0) is 10.2 Å². The van der Waals surface area contributed by atoms with Crippen molar-refractivity contribution < 1.29 is 19.1 Å². The van der Waals surface area contributed by atoms with Gasteiger partial charge >= 0.3 is 0 Å². The average molecular weight is 303 g/mol. The molecule has 0 spiro atoms. The topological polar surface area (TPSA) is 71.7 Å². The molecule has 0 bridgehead atoms. The van der Waals surface area contributed by atoms with Gasteiger partial charge in [0.2, 0.25) is 5.91 Å². The van der Waals surface area contributed by atoms with Crippen LogP contribution in [0.3, 0.4) is 0 Å². The minimum Gasteiger partial charge on any atom is -0.497 e. The van der Waals surface area contributed by atoms with E-state index in [9.17, 15) is 9.90 Å². The predicted octanol–water partition coefficient (Wildman–Crippen LogP) is 2.42. The standard InChI is InChI=1S/C17H21NO4/c1-17(2,12-6-8-13(21-3)9-7-12)16(20)18-14(11-19)15-5-4-10-22-15/h4-10,14,19H,11H2,1-3H3,(H,18,20). The molecule has 1 aromatic heterocycles. The smallest absolute Gasteiger partial charge is 0.230 e. The van der Waals surface area contributed by atoms with Gasteiger partial charge in [-0.1, -0.05) is 12.1 Å². The van der Waals surface area contributed by atoms with E-state index in [4.69, 9.17) is 9.15 Å². The molecule has 1 atom stereocenters. The second kappa shape index (κ2) is 6.66. The molecule has 118 valence electrons. The highest BCUT2D eigenvalue weighted by Gasteiger charge is 2.32. The van der Waals surface area contributed by atoms with Gasteiger partial charge < -0.3 is 19.6 Å². The number of hydrogen-bond acceptors (Lipinski definition) is 4. The van der Waals surface area contributed by atoms with Crippen molar-refractivity contribution in [2.75, 3.05) is 13.7 Å². The summed E-state index contributed by atoms with van der Waals surface area (Å²) in [7, 11) is 1.60. The lowest BCUT2D eigenvalue weighted by Gasteiger charge is -2.26. The number of ether oxygens (including phenoxy) is 1. The number of methoxy groups -OCH3 is 1. The summed E-state index contributed by atoms with van der Waals surface area (Å²) in [5.41, 5.74) is 0.119. The van der Waals surface area contributed by atoms with E-state index in [-0.39, 0.29) is 12.5 Å². The molecule has 2 rings (SSSR count). The molecule has 2 N–H and O–H groups in total. The molecule has 0 aliphatic heterocycles. The van der Waals surface area contributed by atoms with Crippen LogP contribution in [0.4, 0.5) is 0 Å². The van der Waals surface area contributed by atoms with Crippen molar-refractivity contribution in [1.29, 1.82) is 0 Å². The van der Waals surface area contributed by atoms with Gasteiger partial charge in [-0.25, -0.2) is 0 Å². The van der Waals surface area contributed by atoms with E-state index in [0.29, 0.717) is 5.76 Å². The number of aliphatic hydroxyl groups excluding tert-OH is 1. The van der Waals surface area contributed by atoms with Crippen LogP contribution in [-0.4, -0.2) is 24.7 Å². The maximum atomic E-state index is 12.6. The average Bonchev–Trinajstić information content (AvgIpc) is 3.06. The first-order valence-corrected chi connectivity index (χ1v) is 7.08. The molecule has 0 aliphatic carbocycles. The zero-order valence-corrected chi connectivity index (χ0v) is 13.0. The zero-order valence-electron chi connectivity index (χ0n) is 13.0.